The fourth-order valence-corrected chi connectivity index (χ4v) is 4.43. The summed E-state index contributed by atoms with van der Waals surface area (Å²) in [5.74, 6) is 0. The number of benzene rings is 1. The predicted molar refractivity (Wildman–Crippen MR) is 77.6 cm³/mol. The summed E-state index contributed by atoms with van der Waals surface area (Å²) in [6, 6.07) is 4.70. The molecule has 0 saturated heterocycles. The molecule has 1 saturated carbocycles. The molecule has 19 heavy (non-hydrogen) atoms. The summed E-state index contributed by atoms with van der Waals surface area (Å²) in [5, 5.41) is 0.157. The number of hydrogen-bond acceptors (Lipinski definition) is 3. The van der Waals surface area contributed by atoms with Crippen LogP contribution >= 0.6 is 11.6 Å². The molecule has 1 fully saturated rings. The largest absolute Gasteiger partial charge is 0.398 e. The standard InChI is InChI=1S/C13H19ClN2O2S/c1-13(7-2-3-8-13)9-16-19(17,18)12-10(14)5-4-6-11(12)15/h4-6,16H,2-3,7-9,15H2,1H3. The van der Waals surface area contributed by atoms with E-state index in [1.165, 1.54) is 12.1 Å². The van der Waals surface area contributed by atoms with Crippen molar-refractivity contribution in [3.63, 3.8) is 0 Å². The number of halogens is 1. The quantitative estimate of drug-likeness (QED) is 0.840. The van der Waals surface area contributed by atoms with Crippen LogP contribution in [0.3, 0.4) is 0 Å². The van der Waals surface area contributed by atoms with Gasteiger partial charge in [0.15, 0.2) is 0 Å². The summed E-state index contributed by atoms with van der Waals surface area (Å²) in [6.07, 6.45) is 4.42. The molecule has 1 aliphatic carbocycles. The van der Waals surface area contributed by atoms with Crippen molar-refractivity contribution in [1.29, 1.82) is 0 Å². The van der Waals surface area contributed by atoms with E-state index < -0.39 is 10.0 Å². The Kier molecular flexibility index (Phi) is 4.08. The van der Waals surface area contributed by atoms with Crippen molar-refractivity contribution in [3.8, 4) is 0 Å². The van der Waals surface area contributed by atoms with Crippen LogP contribution in [0.15, 0.2) is 23.1 Å². The highest BCUT2D eigenvalue weighted by Gasteiger charge is 2.31. The maximum Gasteiger partial charge on any atom is 0.244 e. The van der Waals surface area contributed by atoms with Crippen molar-refractivity contribution in [2.75, 3.05) is 12.3 Å². The van der Waals surface area contributed by atoms with E-state index in [0.29, 0.717) is 6.54 Å². The van der Waals surface area contributed by atoms with E-state index in [1.54, 1.807) is 6.07 Å². The van der Waals surface area contributed by atoms with E-state index in [1.807, 2.05) is 0 Å². The van der Waals surface area contributed by atoms with Crippen LogP contribution in [-0.4, -0.2) is 15.0 Å². The third kappa shape index (κ3) is 3.22. The van der Waals surface area contributed by atoms with Crippen molar-refractivity contribution in [2.45, 2.75) is 37.5 Å². The van der Waals surface area contributed by atoms with Gasteiger partial charge in [0.05, 0.1) is 10.7 Å². The Bertz CT molecular complexity index is 546. The van der Waals surface area contributed by atoms with E-state index in [4.69, 9.17) is 17.3 Å². The Morgan fingerprint density at radius 1 is 1.37 bits per heavy atom. The summed E-state index contributed by atoms with van der Waals surface area (Å²) >= 11 is 5.94. The zero-order valence-corrected chi connectivity index (χ0v) is 12.5. The van der Waals surface area contributed by atoms with Crippen LogP contribution in [0.25, 0.3) is 0 Å². The fourth-order valence-electron chi connectivity index (χ4n) is 2.56. The fraction of sp³-hybridized carbons (Fsp3) is 0.538. The maximum absolute atomic E-state index is 12.3. The molecule has 3 N–H and O–H groups in total. The zero-order chi connectivity index (χ0) is 14.1. The first-order chi connectivity index (χ1) is 8.84. The first-order valence-corrected chi connectivity index (χ1v) is 8.24. The molecule has 1 aliphatic rings. The van der Waals surface area contributed by atoms with Crippen molar-refractivity contribution in [2.24, 2.45) is 5.41 Å². The van der Waals surface area contributed by atoms with Crippen LogP contribution in [0.2, 0.25) is 5.02 Å². The van der Waals surface area contributed by atoms with Crippen LogP contribution in [-0.2, 0) is 10.0 Å². The molecule has 0 amide bonds. The lowest BCUT2D eigenvalue weighted by molar-refractivity contribution is 0.336. The average Bonchev–Trinajstić information content (AvgIpc) is 2.74. The molecule has 0 spiro atoms. The van der Waals surface area contributed by atoms with Crippen molar-refractivity contribution < 1.29 is 8.42 Å². The van der Waals surface area contributed by atoms with Gasteiger partial charge in [0.1, 0.15) is 4.90 Å². The Hall–Kier alpha value is -0.780. The summed E-state index contributed by atoms with van der Waals surface area (Å²) in [6.45, 7) is 2.54. The number of nitrogens with one attached hydrogen (secondary N) is 1. The van der Waals surface area contributed by atoms with Gasteiger partial charge in [0.25, 0.3) is 0 Å². The maximum atomic E-state index is 12.3. The van der Waals surface area contributed by atoms with Gasteiger partial charge in [-0.1, -0.05) is 37.4 Å². The predicted octanol–water partition coefficient (Wildman–Crippen LogP) is 2.78. The minimum absolute atomic E-state index is 0.0155. The Balaban J connectivity index is 2.19. The molecule has 0 radical (unpaired) electrons. The molecular formula is C13H19ClN2O2S. The molecule has 0 atom stereocenters. The summed E-state index contributed by atoms with van der Waals surface area (Å²) in [4.78, 5) is -0.0155. The van der Waals surface area contributed by atoms with E-state index in [-0.39, 0.29) is 21.0 Å². The number of nitrogen functional groups attached to an aromatic ring is 1. The van der Waals surface area contributed by atoms with Gasteiger partial charge in [-0.05, 0) is 30.4 Å². The second kappa shape index (κ2) is 5.31. The van der Waals surface area contributed by atoms with Gasteiger partial charge in [-0.3, -0.25) is 0 Å². The van der Waals surface area contributed by atoms with Gasteiger partial charge in [0.2, 0.25) is 10.0 Å². The summed E-state index contributed by atoms with van der Waals surface area (Å²) in [5.41, 5.74) is 5.94. The SMILES string of the molecule is CC1(CNS(=O)(=O)c2c(N)cccc2Cl)CCCC1. The summed E-state index contributed by atoms with van der Waals surface area (Å²) in [7, 11) is -3.65. The second-order valence-electron chi connectivity index (χ2n) is 5.50. The monoisotopic (exact) mass is 302 g/mol. The van der Waals surface area contributed by atoms with E-state index in [9.17, 15) is 8.42 Å². The van der Waals surface area contributed by atoms with E-state index in [2.05, 4.69) is 11.6 Å². The molecular weight excluding hydrogens is 284 g/mol. The molecule has 106 valence electrons. The number of nitrogens with two attached hydrogens (primary N) is 1. The minimum Gasteiger partial charge on any atom is -0.398 e. The number of sulfonamides is 1. The van der Waals surface area contributed by atoms with Crippen molar-refractivity contribution in [3.05, 3.63) is 23.2 Å². The van der Waals surface area contributed by atoms with Crippen LogP contribution < -0.4 is 10.5 Å². The molecule has 0 bridgehead atoms. The van der Waals surface area contributed by atoms with Gasteiger partial charge >= 0.3 is 0 Å². The topological polar surface area (TPSA) is 72.2 Å². The third-order valence-corrected chi connectivity index (χ3v) is 5.71. The van der Waals surface area contributed by atoms with Crippen LogP contribution in [0.4, 0.5) is 5.69 Å². The molecule has 4 nitrogen and oxygen atoms in total. The molecule has 0 unspecified atom stereocenters. The molecule has 1 aromatic carbocycles. The second-order valence-corrected chi connectivity index (χ2v) is 7.61. The first-order valence-electron chi connectivity index (χ1n) is 6.38. The Morgan fingerprint density at radius 3 is 2.58 bits per heavy atom. The van der Waals surface area contributed by atoms with Gasteiger partial charge in [-0.15, -0.1) is 0 Å². The normalized spacial score (nSPS) is 18.6. The highest BCUT2D eigenvalue weighted by atomic mass is 35.5. The van der Waals surface area contributed by atoms with Crippen molar-refractivity contribution in [1.82, 2.24) is 4.72 Å². The highest BCUT2D eigenvalue weighted by molar-refractivity contribution is 7.89. The van der Waals surface area contributed by atoms with Gasteiger partial charge < -0.3 is 5.73 Å². The van der Waals surface area contributed by atoms with Gasteiger partial charge in [0, 0.05) is 6.54 Å². The highest BCUT2D eigenvalue weighted by Crippen LogP contribution is 2.37. The van der Waals surface area contributed by atoms with Gasteiger partial charge in [-0.25, -0.2) is 13.1 Å². The third-order valence-electron chi connectivity index (χ3n) is 3.77. The molecule has 0 aliphatic heterocycles. The number of hydrogen-bond donors (Lipinski definition) is 2. The molecule has 1 aromatic rings. The van der Waals surface area contributed by atoms with Crippen molar-refractivity contribution >= 4 is 27.3 Å². The number of anilines is 1. The molecule has 0 aromatic heterocycles. The smallest absolute Gasteiger partial charge is 0.244 e. The molecule has 6 heteroatoms. The van der Waals surface area contributed by atoms with Crippen LogP contribution in [0.1, 0.15) is 32.6 Å². The average molecular weight is 303 g/mol. The van der Waals surface area contributed by atoms with Crippen LogP contribution in [0, 0.1) is 5.41 Å². The summed E-state index contributed by atoms with van der Waals surface area (Å²) < 4.78 is 27.2. The Labute approximate surface area is 119 Å². The van der Waals surface area contributed by atoms with Crippen LogP contribution in [0.5, 0.6) is 0 Å². The lowest BCUT2D eigenvalue weighted by Gasteiger charge is -2.24. The Morgan fingerprint density at radius 2 is 2.00 bits per heavy atom. The zero-order valence-electron chi connectivity index (χ0n) is 10.9. The van der Waals surface area contributed by atoms with E-state index in [0.717, 1.165) is 25.7 Å². The molecule has 2 rings (SSSR count). The lowest BCUT2D eigenvalue weighted by Crippen LogP contribution is -2.34. The molecule has 0 heterocycles. The van der Waals surface area contributed by atoms with E-state index >= 15 is 0 Å². The number of rotatable bonds is 4. The lowest BCUT2D eigenvalue weighted by atomic mass is 9.89. The minimum atomic E-state index is -3.65. The van der Waals surface area contributed by atoms with Gasteiger partial charge in [-0.2, -0.15) is 0 Å². The first kappa shape index (κ1) is 14.6.